The third kappa shape index (κ3) is 143. The molecule has 0 spiro atoms. The lowest BCUT2D eigenvalue weighted by Gasteiger charge is -2.02. The fourth-order valence-electron chi connectivity index (χ4n) is 6.89. The van der Waals surface area contributed by atoms with Crippen molar-refractivity contribution in [3.05, 3.63) is 25.3 Å². The number of carbonyl (C=O) groups excluding carboxylic acids is 2. The van der Waals surface area contributed by atoms with Crippen LogP contribution in [0.15, 0.2) is 66.1 Å². The molecule has 92 heavy (non-hydrogen) atoms. The highest BCUT2D eigenvalue weighted by Gasteiger charge is 2.00. The molecule has 0 aromatic heterocycles. The van der Waals surface area contributed by atoms with Crippen LogP contribution in [0.1, 0.15) is 448 Å². The Morgan fingerprint density at radius 1 is 0.239 bits per heavy atom. The van der Waals surface area contributed by atoms with E-state index in [4.69, 9.17) is 0 Å². The Morgan fingerprint density at radius 3 is 0.511 bits per heavy atom. The van der Waals surface area contributed by atoms with Crippen LogP contribution >= 0.6 is 24.0 Å². The molecule has 0 unspecified atom stereocenters. The lowest BCUT2D eigenvalue weighted by molar-refractivity contribution is -0.117. The Kier molecular flexibility index (Phi) is 162. The largest absolute Gasteiger partial charge is 0.300 e. The van der Waals surface area contributed by atoms with Crippen molar-refractivity contribution in [1.82, 2.24) is 0 Å². The van der Waals surface area contributed by atoms with Crippen LogP contribution in [-0.2, 0) is 9.59 Å². The van der Waals surface area contributed by atoms with Crippen molar-refractivity contribution in [2.45, 2.75) is 448 Å². The van der Waals surface area contributed by atoms with Gasteiger partial charge in [0, 0.05) is 58.5 Å². The van der Waals surface area contributed by atoms with E-state index in [1.807, 2.05) is 26.0 Å². The Morgan fingerprint density at radius 2 is 0.370 bits per heavy atom. The monoisotopic (exact) mass is 1420 g/mol. The summed E-state index contributed by atoms with van der Waals surface area (Å²) in [7, 11) is 0. The van der Waals surface area contributed by atoms with E-state index in [9.17, 15) is 9.59 Å². The maximum absolute atomic E-state index is 10.5. The molecule has 0 aliphatic carbocycles. The van der Waals surface area contributed by atoms with Gasteiger partial charge >= 0.3 is 0 Å². The molecule has 0 bridgehead atoms. The number of unbranched alkanes of at least 4 members (excludes halogenated alkanes) is 20. The van der Waals surface area contributed by atoms with Crippen LogP contribution in [0, 0.1) is 0 Å². The number of allylic oxidation sites excluding steroid dienone is 2. The zero-order valence-electron chi connectivity index (χ0n) is 59.9. The van der Waals surface area contributed by atoms with Gasteiger partial charge in [0.25, 0.3) is 0 Å². The molecule has 0 saturated carbocycles. The van der Waals surface area contributed by atoms with Crippen LogP contribution in [0.2, 0.25) is 0 Å². The fourth-order valence-corrected chi connectivity index (χ4v) is 6.89. The number of rotatable bonds is 44. The average Bonchev–Trinajstić information content (AvgIpc) is 3.64. The SMILES string of the molecule is C.C.C.C.C.C.C.C.C=CCC.C=CCC.CC(=O)CCCCCC(C)=O.CC/C(C)=N/N=C(\C)CCCCC/C(C)=N/N=C(\C)CC.CCCCCC.CCCCCC.CCCCCCC/C(C)=N/N=C(\C)CCCCC/C(C)=N/N=C(\C)CCCCCCC.I. The third-order valence-electron chi connectivity index (χ3n) is 13.1. The van der Waals surface area contributed by atoms with Crippen LogP contribution in [0.25, 0.3) is 0 Å². The van der Waals surface area contributed by atoms with Crippen LogP contribution < -0.4 is 0 Å². The van der Waals surface area contributed by atoms with Gasteiger partial charge < -0.3 is 9.59 Å². The highest BCUT2D eigenvalue weighted by Crippen LogP contribution is 2.11. The minimum Gasteiger partial charge on any atom is -0.300 e. The summed E-state index contributed by atoms with van der Waals surface area (Å²) >= 11 is 0. The zero-order chi connectivity index (χ0) is 64.4. The second-order valence-electron chi connectivity index (χ2n) is 22.6. The minimum atomic E-state index is 0. The van der Waals surface area contributed by atoms with E-state index >= 15 is 0 Å². The normalized spacial score (nSPS) is 10.9. The number of ketones is 2. The van der Waals surface area contributed by atoms with Gasteiger partial charge in [-0.05, 0) is 185 Å². The summed E-state index contributed by atoms with van der Waals surface area (Å²) < 4.78 is 0. The molecule has 11 heteroatoms. The van der Waals surface area contributed by atoms with Crippen molar-refractivity contribution in [2.75, 3.05) is 0 Å². The highest BCUT2D eigenvalue weighted by molar-refractivity contribution is 14.0. The van der Waals surface area contributed by atoms with E-state index < -0.39 is 0 Å². The van der Waals surface area contributed by atoms with Gasteiger partial charge in [0.05, 0.1) is 0 Å². The molecular weight excluding hydrogens is 1240 g/mol. The molecule has 0 N–H and O–H groups in total. The molecule has 10 nitrogen and oxygen atoms in total. The smallest absolute Gasteiger partial charge is 0.129 e. The maximum Gasteiger partial charge on any atom is 0.129 e. The van der Waals surface area contributed by atoms with Gasteiger partial charge in [-0.3, -0.25) is 0 Å². The molecule has 0 radical (unpaired) electrons. The van der Waals surface area contributed by atoms with Gasteiger partial charge in [0.15, 0.2) is 0 Å². The molecule has 0 saturated heterocycles. The summed E-state index contributed by atoms with van der Waals surface area (Å²) in [5.41, 5.74) is 9.05. The quantitative estimate of drug-likeness (QED) is 0.0198. The van der Waals surface area contributed by atoms with E-state index in [0.717, 1.165) is 118 Å². The van der Waals surface area contributed by atoms with Gasteiger partial charge in [0.1, 0.15) is 11.6 Å². The molecule has 0 aliphatic heterocycles. The Balaban J connectivity index is -0.0000000587. The number of halogens is 1. The molecule has 0 fully saturated rings. The summed E-state index contributed by atoms with van der Waals surface area (Å²) in [4.78, 5) is 20.9. The standard InChI is InChI=1S/C27H52N4.C17H32N4.C9H16O2.2C6H14.2C4H8.8CH4.HI/c1-7-9-11-13-16-20-24(3)28-30-26(5)22-18-15-19-23-27(6)31-29-25(4)21-17-14-12-10-8-2;1-7-14(3)18-20-16(5)12-10-9-11-13-17(6)21-19-15(4)8-2;1-8(10)6-4-3-5-7-9(2)11;2*1-3-5-6-4-2;2*1-3-4-2;;;;;;;;;/h7-23H2,1-6H3;7-13H2,1-6H3;3-7H2,1-2H3;2*3-6H2,1-2H3;2*3H,1,4H2,2H3;8*1H4;1H/b28-24+,29-25+,30-26+,31-27+;18-14+,19-15+,20-16+,21-17+;;;;;;;;;;;;;;. The Bertz CT molecular complexity index is 1550. The second kappa shape index (κ2) is 115. The first kappa shape index (κ1) is 129. The Labute approximate surface area is 601 Å². The van der Waals surface area contributed by atoms with Gasteiger partial charge in [-0.15, -0.1) is 37.1 Å². The number of Topliss-reactive ketones (excluding diaryl/α,β-unsaturated/α-hetero) is 2. The summed E-state index contributed by atoms with van der Waals surface area (Å²) in [6, 6.07) is 0. The van der Waals surface area contributed by atoms with E-state index in [1.54, 1.807) is 13.8 Å². The number of hydrogen-bond donors (Lipinski definition) is 0. The van der Waals surface area contributed by atoms with Crippen molar-refractivity contribution >= 4 is 81.2 Å². The third-order valence-corrected chi connectivity index (χ3v) is 13.1. The van der Waals surface area contributed by atoms with Crippen LogP contribution in [0.4, 0.5) is 0 Å². The van der Waals surface area contributed by atoms with Gasteiger partial charge in [-0.25, -0.2) is 0 Å². The van der Waals surface area contributed by atoms with Gasteiger partial charge in [0.2, 0.25) is 0 Å². The van der Waals surface area contributed by atoms with Crippen LogP contribution in [0.5, 0.6) is 0 Å². The van der Waals surface area contributed by atoms with Gasteiger partial charge in [-0.1, -0.05) is 263 Å². The topological polar surface area (TPSA) is 133 Å². The van der Waals surface area contributed by atoms with Gasteiger partial charge in [-0.2, -0.15) is 40.8 Å². The first-order valence-electron chi connectivity index (χ1n) is 34.2. The molecular formula is C81H177IN8O2. The summed E-state index contributed by atoms with van der Waals surface area (Å²) in [5.74, 6) is 0.487. The lowest BCUT2D eigenvalue weighted by atomic mass is 10.1. The molecule has 0 atom stereocenters. The lowest BCUT2D eigenvalue weighted by Crippen LogP contribution is -1.96. The van der Waals surface area contributed by atoms with Crippen molar-refractivity contribution in [3.63, 3.8) is 0 Å². The van der Waals surface area contributed by atoms with Crippen LogP contribution in [-0.4, -0.2) is 57.3 Å². The molecule has 560 valence electrons. The van der Waals surface area contributed by atoms with Crippen molar-refractivity contribution in [3.8, 4) is 0 Å². The molecule has 0 aliphatic rings. The Hall–Kier alpha value is -3.09. The molecule has 0 aromatic carbocycles. The predicted molar refractivity (Wildman–Crippen MR) is 453 cm³/mol. The van der Waals surface area contributed by atoms with E-state index in [-0.39, 0.29) is 95.0 Å². The maximum atomic E-state index is 10.5. The highest BCUT2D eigenvalue weighted by atomic mass is 127. The summed E-state index contributed by atoms with van der Waals surface area (Å²) in [6.45, 7) is 48.5. The van der Waals surface area contributed by atoms with Crippen LogP contribution in [0.3, 0.4) is 0 Å². The van der Waals surface area contributed by atoms with E-state index in [1.165, 1.54) is 166 Å². The molecule has 0 rings (SSSR count). The average molecular weight is 1420 g/mol. The van der Waals surface area contributed by atoms with E-state index in [2.05, 4.69) is 165 Å². The van der Waals surface area contributed by atoms with Crippen molar-refractivity contribution < 1.29 is 9.59 Å². The molecule has 0 amide bonds. The minimum absolute atomic E-state index is 0. The number of hydrogen-bond acceptors (Lipinski definition) is 10. The first-order chi connectivity index (χ1) is 39.8. The van der Waals surface area contributed by atoms with E-state index in [0.29, 0.717) is 12.8 Å². The second-order valence-corrected chi connectivity index (χ2v) is 22.6. The zero-order valence-corrected chi connectivity index (χ0v) is 62.3. The predicted octanol–water partition coefficient (Wildman–Crippen LogP) is 30.9. The summed E-state index contributed by atoms with van der Waals surface area (Å²) in [5, 5.41) is 34.6. The molecule has 0 aromatic rings. The number of carbonyl (C=O) groups is 2. The summed E-state index contributed by atoms with van der Waals surface area (Å²) in [6.07, 6.45) is 49.6. The van der Waals surface area contributed by atoms with Crippen molar-refractivity contribution in [1.29, 1.82) is 0 Å². The van der Waals surface area contributed by atoms with Crippen molar-refractivity contribution in [2.24, 2.45) is 40.8 Å². The fraction of sp³-hybridized carbons (Fsp3) is 0.827. The first-order valence-corrected chi connectivity index (χ1v) is 34.2. The molecule has 0 heterocycles. The number of nitrogens with zero attached hydrogens (tertiary/aromatic N) is 8.